The number of aromatic nitrogens is 1. The zero-order valence-corrected chi connectivity index (χ0v) is 15.3. The first-order valence-electron chi connectivity index (χ1n) is 9.42. The number of likely N-dealkylation sites (tertiary alicyclic amines) is 1. The third kappa shape index (κ3) is 5.14. The molecule has 6 heteroatoms. The molecule has 2 aromatic rings. The summed E-state index contributed by atoms with van der Waals surface area (Å²) in [7, 11) is 0. The van der Waals surface area contributed by atoms with Crippen LogP contribution in [0.4, 0.5) is 0 Å². The molecule has 142 valence electrons. The Kier molecular flexibility index (Phi) is 6.54. The van der Waals surface area contributed by atoms with Gasteiger partial charge in [0.25, 0.3) is 0 Å². The van der Waals surface area contributed by atoms with Gasteiger partial charge in [-0.15, -0.1) is 0 Å². The number of nitrogens with one attached hydrogen (secondary N) is 2. The molecule has 0 spiro atoms. The van der Waals surface area contributed by atoms with Gasteiger partial charge in [-0.2, -0.15) is 0 Å². The van der Waals surface area contributed by atoms with Crippen molar-refractivity contribution in [1.82, 2.24) is 10.3 Å². The predicted molar refractivity (Wildman–Crippen MR) is 98.6 cm³/mol. The molecule has 1 fully saturated rings. The molecule has 27 heavy (non-hydrogen) atoms. The summed E-state index contributed by atoms with van der Waals surface area (Å²) in [4.78, 5) is 29.2. The summed E-state index contributed by atoms with van der Waals surface area (Å²) in [6, 6.07) is 12.5. The van der Waals surface area contributed by atoms with Crippen molar-refractivity contribution >= 4 is 11.9 Å². The maximum Gasteiger partial charge on any atom is 0.224 e. The van der Waals surface area contributed by atoms with Crippen LogP contribution in [0.3, 0.4) is 0 Å². The van der Waals surface area contributed by atoms with Gasteiger partial charge in [-0.3, -0.25) is 9.78 Å². The molecule has 6 nitrogen and oxygen atoms in total. The smallest absolute Gasteiger partial charge is 0.224 e. The van der Waals surface area contributed by atoms with E-state index in [1.54, 1.807) is 12.4 Å². The lowest BCUT2D eigenvalue weighted by atomic mass is 9.94. The van der Waals surface area contributed by atoms with E-state index in [0.29, 0.717) is 0 Å². The number of nitrogens with zero attached hydrogens (tertiary/aromatic N) is 1. The molecular formula is C21H25N3O3. The van der Waals surface area contributed by atoms with Crippen molar-refractivity contribution in [2.75, 3.05) is 13.1 Å². The number of pyridine rings is 1. The molecule has 2 N–H and O–H groups in total. The van der Waals surface area contributed by atoms with Gasteiger partial charge >= 0.3 is 0 Å². The number of carbonyl (C=O) groups is 2. The predicted octanol–water partition coefficient (Wildman–Crippen LogP) is -0.331. The van der Waals surface area contributed by atoms with Gasteiger partial charge in [-0.1, -0.05) is 36.4 Å². The molecule has 0 saturated carbocycles. The van der Waals surface area contributed by atoms with Gasteiger partial charge in [0.1, 0.15) is 18.1 Å². The lowest BCUT2D eigenvalue weighted by molar-refractivity contribution is -0.953. The maximum atomic E-state index is 12.2. The van der Waals surface area contributed by atoms with Gasteiger partial charge in [-0.05, 0) is 24.5 Å². The lowest BCUT2D eigenvalue weighted by Crippen LogP contribution is -3.19. The number of hydrogen-bond donors (Lipinski definition) is 2. The van der Waals surface area contributed by atoms with Gasteiger partial charge in [0, 0.05) is 24.4 Å². The van der Waals surface area contributed by atoms with Gasteiger partial charge < -0.3 is 20.1 Å². The Balaban J connectivity index is 1.66. The topological polar surface area (TPSA) is 86.6 Å². The average Bonchev–Trinajstić information content (AvgIpc) is 2.70. The first-order valence-corrected chi connectivity index (χ1v) is 9.42. The summed E-state index contributed by atoms with van der Waals surface area (Å²) in [5.41, 5.74) is 1.94. The summed E-state index contributed by atoms with van der Waals surface area (Å²) in [6.07, 6.45) is 6.68. The molecule has 1 aliphatic heterocycles. The SMILES string of the molecule is O=C(Cc1ccccc1)NC[C@H](C(=O)[O-])[NH+]1CCCC[C@@H]1c1cccnc1. The van der Waals surface area contributed by atoms with E-state index in [9.17, 15) is 14.7 Å². The van der Waals surface area contributed by atoms with E-state index in [0.717, 1.165) is 41.8 Å². The fraction of sp³-hybridized carbons (Fsp3) is 0.381. The minimum Gasteiger partial charge on any atom is -0.544 e. The molecule has 1 aromatic heterocycles. The number of piperidine rings is 1. The number of carboxylic acid groups (broad SMARTS) is 1. The molecule has 0 aliphatic carbocycles. The molecule has 1 saturated heterocycles. The van der Waals surface area contributed by atoms with Crippen molar-refractivity contribution < 1.29 is 19.6 Å². The Morgan fingerprint density at radius 3 is 2.70 bits per heavy atom. The van der Waals surface area contributed by atoms with Crippen LogP contribution in [0.15, 0.2) is 54.9 Å². The second-order valence-corrected chi connectivity index (χ2v) is 7.00. The zero-order valence-electron chi connectivity index (χ0n) is 15.3. The Morgan fingerprint density at radius 1 is 1.19 bits per heavy atom. The van der Waals surface area contributed by atoms with E-state index >= 15 is 0 Å². The van der Waals surface area contributed by atoms with Crippen LogP contribution in [0.1, 0.15) is 36.4 Å². The van der Waals surface area contributed by atoms with Gasteiger partial charge in [0.05, 0.1) is 19.5 Å². The van der Waals surface area contributed by atoms with Crippen LogP contribution in [0.25, 0.3) is 0 Å². The number of quaternary nitrogens is 1. The summed E-state index contributed by atoms with van der Waals surface area (Å²) in [5, 5.41) is 14.6. The first-order chi connectivity index (χ1) is 13.1. The first kappa shape index (κ1) is 19.0. The largest absolute Gasteiger partial charge is 0.544 e. The molecule has 3 rings (SSSR count). The van der Waals surface area contributed by atoms with Crippen LogP contribution in [-0.4, -0.2) is 36.0 Å². The fourth-order valence-electron chi connectivity index (χ4n) is 3.84. The van der Waals surface area contributed by atoms with Crippen LogP contribution >= 0.6 is 0 Å². The maximum absolute atomic E-state index is 12.2. The molecule has 0 radical (unpaired) electrons. The third-order valence-corrected chi connectivity index (χ3v) is 5.19. The molecular weight excluding hydrogens is 342 g/mol. The number of carboxylic acids is 1. The highest BCUT2D eigenvalue weighted by Gasteiger charge is 2.34. The number of benzene rings is 1. The van der Waals surface area contributed by atoms with E-state index in [-0.39, 0.29) is 24.9 Å². The monoisotopic (exact) mass is 367 g/mol. The number of carbonyl (C=O) groups excluding carboxylic acids is 2. The van der Waals surface area contributed by atoms with Crippen molar-refractivity contribution in [1.29, 1.82) is 0 Å². The van der Waals surface area contributed by atoms with Crippen molar-refractivity contribution in [3.8, 4) is 0 Å². The highest BCUT2D eigenvalue weighted by atomic mass is 16.4. The standard InChI is InChI=1S/C21H25N3O3/c25-20(13-16-7-2-1-3-8-16)23-15-19(21(26)27)24-12-5-4-10-18(24)17-9-6-11-22-14-17/h1-3,6-9,11,14,18-19H,4-5,10,12-13,15H2,(H,23,25)(H,26,27)/t18-,19-/m1/s1. The van der Waals surface area contributed by atoms with Gasteiger partial charge in [0.2, 0.25) is 5.91 Å². The minimum absolute atomic E-state index is 0.0568. The molecule has 2 heterocycles. The van der Waals surface area contributed by atoms with Crippen LogP contribution < -0.4 is 15.3 Å². The molecule has 1 aromatic carbocycles. The van der Waals surface area contributed by atoms with Crippen LogP contribution in [-0.2, 0) is 16.0 Å². The molecule has 1 unspecified atom stereocenters. The normalized spacial score (nSPS) is 20.6. The highest BCUT2D eigenvalue weighted by molar-refractivity contribution is 5.79. The van der Waals surface area contributed by atoms with Gasteiger partial charge in [-0.25, -0.2) is 0 Å². The van der Waals surface area contributed by atoms with E-state index in [2.05, 4.69) is 10.3 Å². The Labute approximate surface area is 159 Å². The number of amides is 1. The summed E-state index contributed by atoms with van der Waals surface area (Å²) in [6.45, 7) is 0.812. The Morgan fingerprint density at radius 2 is 2.00 bits per heavy atom. The molecule has 1 aliphatic rings. The highest BCUT2D eigenvalue weighted by Crippen LogP contribution is 2.19. The van der Waals surface area contributed by atoms with E-state index in [1.807, 2.05) is 42.5 Å². The van der Waals surface area contributed by atoms with Crippen molar-refractivity contribution in [2.24, 2.45) is 0 Å². The van der Waals surface area contributed by atoms with Crippen LogP contribution in [0.5, 0.6) is 0 Å². The van der Waals surface area contributed by atoms with Crippen LogP contribution in [0.2, 0.25) is 0 Å². The summed E-state index contributed by atoms with van der Waals surface area (Å²) in [5.74, 6) is -1.30. The lowest BCUT2D eigenvalue weighted by Gasteiger charge is -2.38. The van der Waals surface area contributed by atoms with E-state index in [4.69, 9.17) is 0 Å². The summed E-state index contributed by atoms with van der Waals surface area (Å²) >= 11 is 0. The van der Waals surface area contributed by atoms with Crippen molar-refractivity contribution in [3.63, 3.8) is 0 Å². The van der Waals surface area contributed by atoms with Crippen molar-refractivity contribution in [2.45, 2.75) is 37.8 Å². The average molecular weight is 367 g/mol. The second kappa shape index (κ2) is 9.28. The summed E-state index contributed by atoms with van der Waals surface area (Å²) < 4.78 is 0. The molecule has 3 atom stereocenters. The Bertz CT molecular complexity index is 752. The quantitative estimate of drug-likeness (QED) is 0.702. The van der Waals surface area contributed by atoms with E-state index in [1.165, 1.54) is 0 Å². The number of aliphatic carboxylic acids is 1. The number of rotatable bonds is 7. The Hall–Kier alpha value is -2.73. The second-order valence-electron chi connectivity index (χ2n) is 7.00. The third-order valence-electron chi connectivity index (χ3n) is 5.19. The minimum atomic E-state index is -1.12. The van der Waals surface area contributed by atoms with Gasteiger partial charge in [0.15, 0.2) is 0 Å². The fourth-order valence-corrected chi connectivity index (χ4v) is 3.84. The molecule has 1 amide bonds. The van der Waals surface area contributed by atoms with E-state index < -0.39 is 12.0 Å². The zero-order chi connectivity index (χ0) is 19.1. The van der Waals surface area contributed by atoms with Crippen LogP contribution in [0, 0.1) is 0 Å². The molecule has 0 bridgehead atoms. The number of hydrogen-bond acceptors (Lipinski definition) is 4. The van der Waals surface area contributed by atoms with Crippen molar-refractivity contribution in [3.05, 3.63) is 66.0 Å².